The van der Waals surface area contributed by atoms with E-state index < -0.39 is 19.1 Å². The Balaban J connectivity index is 2.03. The number of likely N-dealkylation sites (tertiary alicyclic amines) is 1. The Labute approximate surface area is 131 Å². The normalized spacial score (nSPS) is 26.3. The van der Waals surface area contributed by atoms with Crippen LogP contribution in [-0.2, 0) is 9.59 Å². The van der Waals surface area contributed by atoms with E-state index in [-0.39, 0.29) is 23.8 Å². The zero-order valence-electron chi connectivity index (χ0n) is 13.3. The lowest BCUT2D eigenvalue weighted by atomic mass is 9.77. The van der Waals surface area contributed by atoms with Gasteiger partial charge in [-0.1, -0.05) is 13.8 Å². The lowest BCUT2D eigenvalue weighted by Crippen LogP contribution is -2.57. The summed E-state index contributed by atoms with van der Waals surface area (Å²) in [5, 5.41) is 24.8. The van der Waals surface area contributed by atoms with Crippen molar-refractivity contribution in [3.63, 3.8) is 0 Å². The SMILES string of the molecule is CC(C)[C@H](NC(=O)[C@@H]1CCCN1)C(=O)N1CCC[C@H]1B(O)O. The molecule has 0 aliphatic carbocycles. The first kappa shape index (κ1) is 17.2. The van der Waals surface area contributed by atoms with Crippen LogP contribution < -0.4 is 10.6 Å². The van der Waals surface area contributed by atoms with E-state index in [2.05, 4.69) is 10.6 Å². The lowest BCUT2D eigenvalue weighted by molar-refractivity contribution is -0.138. The molecule has 0 aromatic heterocycles. The van der Waals surface area contributed by atoms with Crippen molar-refractivity contribution < 1.29 is 19.6 Å². The molecule has 0 aromatic carbocycles. The molecule has 2 aliphatic heterocycles. The Morgan fingerprint density at radius 2 is 2.00 bits per heavy atom. The van der Waals surface area contributed by atoms with Crippen LogP contribution >= 0.6 is 0 Å². The summed E-state index contributed by atoms with van der Waals surface area (Å²) in [7, 11) is -1.54. The van der Waals surface area contributed by atoms with Crippen molar-refractivity contribution in [3.8, 4) is 0 Å². The predicted octanol–water partition coefficient (Wildman–Crippen LogP) is -1.12. The molecule has 0 aromatic rings. The molecule has 0 bridgehead atoms. The Bertz CT molecular complexity index is 413. The third kappa shape index (κ3) is 3.80. The number of rotatable bonds is 5. The molecule has 2 heterocycles. The van der Waals surface area contributed by atoms with E-state index in [1.165, 1.54) is 4.90 Å². The fourth-order valence-corrected chi connectivity index (χ4v) is 3.23. The van der Waals surface area contributed by atoms with Crippen LogP contribution in [0.5, 0.6) is 0 Å². The van der Waals surface area contributed by atoms with Crippen LogP contribution in [0.4, 0.5) is 0 Å². The highest BCUT2D eigenvalue weighted by Crippen LogP contribution is 2.21. The van der Waals surface area contributed by atoms with Crippen LogP contribution in [0.25, 0.3) is 0 Å². The smallest absolute Gasteiger partial charge is 0.426 e. The van der Waals surface area contributed by atoms with E-state index in [9.17, 15) is 19.6 Å². The lowest BCUT2D eigenvalue weighted by Gasteiger charge is -2.31. The summed E-state index contributed by atoms with van der Waals surface area (Å²) in [5.74, 6) is -1.01. The van der Waals surface area contributed by atoms with Crippen LogP contribution in [0.2, 0.25) is 0 Å². The third-order valence-corrected chi connectivity index (χ3v) is 4.53. The Morgan fingerprint density at radius 3 is 2.55 bits per heavy atom. The molecular formula is C14H26BN3O4. The van der Waals surface area contributed by atoms with Gasteiger partial charge in [0.1, 0.15) is 6.04 Å². The Hall–Kier alpha value is -1.12. The molecule has 2 amide bonds. The second-order valence-corrected chi connectivity index (χ2v) is 6.53. The molecule has 3 atom stereocenters. The summed E-state index contributed by atoms with van der Waals surface area (Å²) in [6, 6.07) is -0.860. The van der Waals surface area contributed by atoms with Crippen LogP contribution in [0.3, 0.4) is 0 Å². The van der Waals surface area contributed by atoms with Gasteiger partial charge < -0.3 is 25.6 Å². The zero-order valence-corrected chi connectivity index (χ0v) is 13.3. The topological polar surface area (TPSA) is 102 Å². The molecule has 0 saturated carbocycles. The van der Waals surface area contributed by atoms with E-state index in [4.69, 9.17) is 0 Å². The molecule has 2 rings (SSSR count). The highest BCUT2D eigenvalue weighted by molar-refractivity contribution is 6.43. The summed E-state index contributed by atoms with van der Waals surface area (Å²) in [5.41, 5.74) is 0. The molecule has 0 spiro atoms. The van der Waals surface area contributed by atoms with Crippen molar-refractivity contribution in [2.45, 2.75) is 57.6 Å². The molecule has 7 nitrogen and oxygen atoms in total. The number of carbonyl (C=O) groups is 2. The quantitative estimate of drug-likeness (QED) is 0.482. The second kappa shape index (κ2) is 7.43. The fourth-order valence-electron chi connectivity index (χ4n) is 3.23. The molecule has 4 N–H and O–H groups in total. The maximum Gasteiger partial charge on any atom is 0.475 e. The monoisotopic (exact) mass is 311 g/mol. The number of hydrogen-bond acceptors (Lipinski definition) is 5. The number of hydrogen-bond donors (Lipinski definition) is 4. The van der Waals surface area contributed by atoms with Gasteiger partial charge in [-0.15, -0.1) is 0 Å². The molecule has 2 aliphatic rings. The minimum absolute atomic E-state index is 0.0602. The van der Waals surface area contributed by atoms with Crippen molar-refractivity contribution in [1.29, 1.82) is 0 Å². The predicted molar refractivity (Wildman–Crippen MR) is 82.7 cm³/mol. The van der Waals surface area contributed by atoms with Crippen LogP contribution in [-0.4, -0.2) is 65.0 Å². The van der Waals surface area contributed by atoms with Gasteiger partial charge in [0.05, 0.1) is 12.0 Å². The molecule has 2 saturated heterocycles. The van der Waals surface area contributed by atoms with Crippen molar-refractivity contribution in [2.24, 2.45) is 5.92 Å². The summed E-state index contributed by atoms with van der Waals surface area (Å²) >= 11 is 0. The van der Waals surface area contributed by atoms with Gasteiger partial charge in [-0.3, -0.25) is 9.59 Å². The van der Waals surface area contributed by atoms with Gasteiger partial charge in [-0.25, -0.2) is 0 Å². The van der Waals surface area contributed by atoms with Gasteiger partial charge in [0, 0.05) is 6.54 Å². The largest absolute Gasteiger partial charge is 0.475 e. The van der Waals surface area contributed by atoms with Gasteiger partial charge in [0.15, 0.2) is 0 Å². The maximum atomic E-state index is 12.7. The van der Waals surface area contributed by atoms with Crippen molar-refractivity contribution >= 4 is 18.9 Å². The molecule has 0 unspecified atom stereocenters. The van der Waals surface area contributed by atoms with E-state index in [1.807, 2.05) is 13.8 Å². The molecular weight excluding hydrogens is 285 g/mol. The Kier molecular flexibility index (Phi) is 5.83. The first-order valence-corrected chi connectivity index (χ1v) is 8.12. The van der Waals surface area contributed by atoms with Gasteiger partial charge in [-0.2, -0.15) is 0 Å². The fraction of sp³-hybridized carbons (Fsp3) is 0.857. The van der Waals surface area contributed by atoms with Crippen molar-refractivity contribution in [3.05, 3.63) is 0 Å². The van der Waals surface area contributed by atoms with E-state index in [1.54, 1.807) is 0 Å². The van der Waals surface area contributed by atoms with Crippen LogP contribution in [0.15, 0.2) is 0 Å². The van der Waals surface area contributed by atoms with Crippen LogP contribution in [0.1, 0.15) is 39.5 Å². The first-order chi connectivity index (χ1) is 10.4. The van der Waals surface area contributed by atoms with Gasteiger partial charge >= 0.3 is 7.12 Å². The first-order valence-electron chi connectivity index (χ1n) is 8.12. The standard InChI is InChI=1S/C14H26BN3O4/c1-9(2)12(17-13(19)10-5-3-7-16-10)14(20)18-8-4-6-11(18)15(21)22/h9-12,16,21-22H,3-8H2,1-2H3,(H,17,19)/t10-,11-,12-/m0/s1. The minimum Gasteiger partial charge on any atom is -0.426 e. The van der Waals surface area contributed by atoms with Gasteiger partial charge in [-0.05, 0) is 38.1 Å². The van der Waals surface area contributed by atoms with Gasteiger partial charge in [0.2, 0.25) is 11.8 Å². The average Bonchev–Trinajstić information content (AvgIpc) is 3.13. The van der Waals surface area contributed by atoms with Gasteiger partial charge in [0.25, 0.3) is 0 Å². The van der Waals surface area contributed by atoms with E-state index in [0.29, 0.717) is 13.0 Å². The molecule has 8 heteroatoms. The van der Waals surface area contributed by atoms with Crippen molar-refractivity contribution in [2.75, 3.05) is 13.1 Å². The van der Waals surface area contributed by atoms with Crippen LogP contribution in [0, 0.1) is 5.92 Å². The summed E-state index contributed by atoms with van der Waals surface area (Å²) in [6.45, 7) is 5.09. The van der Waals surface area contributed by atoms with E-state index in [0.717, 1.165) is 25.8 Å². The molecule has 0 radical (unpaired) electrons. The highest BCUT2D eigenvalue weighted by atomic mass is 16.4. The molecule has 124 valence electrons. The Morgan fingerprint density at radius 1 is 1.27 bits per heavy atom. The maximum absolute atomic E-state index is 12.7. The number of carbonyl (C=O) groups excluding carboxylic acids is 2. The highest BCUT2D eigenvalue weighted by Gasteiger charge is 2.40. The summed E-state index contributed by atoms with van der Waals surface area (Å²) in [6.07, 6.45) is 3.07. The third-order valence-electron chi connectivity index (χ3n) is 4.53. The van der Waals surface area contributed by atoms with E-state index >= 15 is 0 Å². The number of nitrogens with zero attached hydrogens (tertiary/aromatic N) is 1. The average molecular weight is 311 g/mol. The number of amides is 2. The summed E-state index contributed by atoms with van der Waals surface area (Å²) < 4.78 is 0. The molecule has 2 fully saturated rings. The minimum atomic E-state index is -1.54. The molecule has 22 heavy (non-hydrogen) atoms. The zero-order chi connectivity index (χ0) is 16.3. The second-order valence-electron chi connectivity index (χ2n) is 6.53. The number of nitrogens with one attached hydrogen (secondary N) is 2. The van der Waals surface area contributed by atoms with Crippen molar-refractivity contribution in [1.82, 2.24) is 15.5 Å². The summed E-state index contributed by atoms with van der Waals surface area (Å²) in [4.78, 5) is 26.5.